The van der Waals surface area contributed by atoms with E-state index < -0.39 is 6.04 Å². The van der Waals surface area contributed by atoms with Crippen molar-refractivity contribution in [1.29, 1.82) is 0 Å². The van der Waals surface area contributed by atoms with Crippen LogP contribution in [0.2, 0.25) is 0 Å². The van der Waals surface area contributed by atoms with Gasteiger partial charge in [-0.15, -0.1) is 24.8 Å². The van der Waals surface area contributed by atoms with Gasteiger partial charge in [0.15, 0.2) is 0 Å². The van der Waals surface area contributed by atoms with Crippen molar-refractivity contribution in [2.75, 3.05) is 45.9 Å². The van der Waals surface area contributed by atoms with Crippen LogP contribution in [0.5, 0.6) is 0 Å². The summed E-state index contributed by atoms with van der Waals surface area (Å²) in [6.07, 6.45) is 0.343. The predicted molar refractivity (Wildman–Crippen MR) is 113 cm³/mol. The smallest absolute Gasteiger partial charge is 0.241 e. The Labute approximate surface area is 178 Å². The van der Waals surface area contributed by atoms with E-state index >= 15 is 0 Å². The number of nitrogens with one attached hydrogen (secondary N) is 1. The molecular formula is C19H30Cl2N4O3. The Balaban J connectivity index is 0.00000196. The lowest BCUT2D eigenvalue weighted by Gasteiger charge is -2.28. The minimum Gasteiger partial charge on any atom is -0.379 e. The van der Waals surface area contributed by atoms with Crippen molar-refractivity contribution in [2.24, 2.45) is 5.73 Å². The van der Waals surface area contributed by atoms with Gasteiger partial charge < -0.3 is 20.7 Å². The molecule has 2 fully saturated rings. The second-order valence-electron chi connectivity index (χ2n) is 7.09. The third-order valence-corrected chi connectivity index (χ3v) is 5.07. The van der Waals surface area contributed by atoms with Crippen LogP contribution in [0.4, 0.5) is 0 Å². The number of halogens is 2. The normalized spacial score (nSPS) is 20.9. The first-order chi connectivity index (χ1) is 12.5. The molecule has 0 radical (unpaired) electrons. The first-order valence-corrected chi connectivity index (χ1v) is 9.23. The standard InChI is InChI=1S/C19H28N4O3.2ClH/c1-14-2-4-15(5-3-14)18(20)19(25)21-16-12-17(24)23(13-16)7-6-22-8-10-26-11-9-22;;/h2-5,16,18H,6-13,20H2,1H3,(H,21,25);2*1H. The Bertz CT molecular complexity index is 639. The van der Waals surface area contributed by atoms with Crippen LogP contribution in [0, 0.1) is 6.92 Å². The maximum atomic E-state index is 12.4. The van der Waals surface area contributed by atoms with E-state index in [-0.39, 0.29) is 42.7 Å². The van der Waals surface area contributed by atoms with E-state index in [1.807, 2.05) is 36.1 Å². The largest absolute Gasteiger partial charge is 0.379 e. The van der Waals surface area contributed by atoms with Crippen LogP contribution in [0.3, 0.4) is 0 Å². The van der Waals surface area contributed by atoms with Crippen molar-refractivity contribution in [3.8, 4) is 0 Å². The molecule has 3 rings (SSSR count). The molecule has 0 saturated carbocycles. The van der Waals surface area contributed by atoms with Gasteiger partial charge in [0.25, 0.3) is 0 Å². The summed E-state index contributed by atoms with van der Waals surface area (Å²) in [6.45, 7) is 7.41. The van der Waals surface area contributed by atoms with Crippen LogP contribution in [-0.4, -0.2) is 73.6 Å². The Morgan fingerprint density at radius 1 is 1.21 bits per heavy atom. The van der Waals surface area contributed by atoms with Gasteiger partial charge >= 0.3 is 0 Å². The molecule has 0 aliphatic carbocycles. The molecule has 9 heteroatoms. The van der Waals surface area contributed by atoms with Crippen molar-refractivity contribution >= 4 is 36.6 Å². The minimum atomic E-state index is -0.715. The molecule has 2 aliphatic heterocycles. The molecular weight excluding hydrogens is 403 g/mol. The first kappa shape index (κ1) is 24.7. The predicted octanol–water partition coefficient (Wildman–Crippen LogP) is 0.888. The summed E-state index contributed by atoms with van der Waals surface area (Å²) < 4.78 is 5.34. The monoisotopic (exact) mass is 432 g/mol. The number of benzene rings is 1. The van der Waals surface area contributed by atoms with Crippen LogP contribution in [0.25, 0.3) is 0 Å². The second-order valence-corrected chi connectivity index (χ2v) is 7.09. The van der Waals surface area contributed by atoms with Gasteiger partial charge in [-0.25, -0.2) is 0 Å². The van der Waals surface area contributed by atoms with Gasteiger partial charge in [-0.05, 0) is 12.5 Å². The van der Waals surface area contributed by atoms with Crippen LogP contribution in [-0.2, 0) is 14.3 Å². The van der Waals surface area contributed by atoms with E-state index in [1.165, 1.54) is 0 Å². The number of carbonyl (C=O) groups excluding carboxylic acids is 2. The molecule has 2 heterocycles. The Morgan fingerprint density at radius 3 is 2.50 bits per heavy atom. The highest BCUT2D eigenvalue weighted by Gasteiger charge is 2.31. The van der Waals surface area contributed by atoms with Gasteiger partial charge in [0.1, 0.15) is 6.04 Å². The van der Waals surface area contributed by atoms with E-state index in [1.54, 1.807) is 0 Å². The summed E-state index contributed by atoms with van der Waals surface area (Å²) in [4.78, 5) is 28.8. The molecule has 2 atom stereocenters. The number of morpholine rings is 1. The lowest BCUT2D eigenvalue weighted by molar-refractivity contribution is -0.128. The summed E-state index contributed by atoms with van der Waals surface area (Å²) in [6, 6.07) is 6.73. The fourth-order valence-corrected chi connectivity index (χ4v) is 3.39. The van der Waals surface area contributed by atoms with Crippen LogP contribution < -0.4 is 11.1 Å². The zero-order valence-corrected chi connectivity index (χ0v) is 17.8. The molecule has 2 saturated heterocycles. The molecule has 7 nitrogen and oxygen atoms in total. The van der Waals surface area contributed by atoms with Crippen molar-refractivity contribution in [1.82, 2.24) is 15.1 Å². The number of hydrogen-bond acceptors (Lipinski definition) is 5. The second kappa shape index (κ2) is 11.6. The summed E-state index contributed by atoms with van der Waals surface area (Å²) in [5.41, 5.74) is 7.97. The average molecular weight is 433 g/mol. The van der Waals surface area contributed by atoms with Gasteiger partial charge in [-0.1, -0.05) is 29.8 Å². The lowest BCUT2D eigenvalue weighted by atomic mass is 10.0. The number of carbonyl (C=O) groups is 2. The van der Waals surface area contributed by atoms with Crippen molar-refractivity contribution < 1.29 is 14.3 Å². The van der Waals surface area contributed by atoms with E-state index in [0.717, 1.165) is 44.0 Å². The summed E-state index contributed by atoms with van der Waals surface area (Å²) in [5.74, 6) is -0.144. The molecule has 0 aromatic heterocycles. The third kappa shape index (κ3) is 6.60. The summed E-state index contributed by atoms with van der Waals surface area (Å²) in [7, 11) is 0. The minimum absolute atomic E-state index is 0. The number of hydrogen-bond donors (Lipinski definition) is 2. The number of likely N-dealkylation sites (tertiary alicyclic amines) is 1. The summed E-state index contributed by atoms with van der Waals surface area (Å²) in [5, 5.41) is 2.93. The van der Waals surface area contributed by atoms with E-state index in [2.05, 4.69) is 10.2 Å². The van der Waals surface area contributed by atoms with E-state index in [9.17, 15) is 9.59 Å². The molecule has 2 unspecified atom stereocenters. The number of nitrogens with zero attached hydrogens (tertiary/aromatic N) is 2. The number of aryl methyl sites for hydroxylation is 1. The first-order valence-electron chi connectivity index (χ1n) is 9.23. The van der Waals surface area contributed by atoms with E-state index in [0.29, 0.717) is 19.5 Å². The number of ether oxygens (including phenoxy) is 1. The van der Waals surface area contributed by atoms with Crippen molar-refractivity contribution in [2.45, 2.75) is 25.4 Å². The third-order valence-electron chi connectivity index (χ3n) is 5.07. The van der Waals surface area contributed by atoms with Gasteiger partial charge in [0.05, 0.1) is 19.3 Å². The maximum Gasteiger partial charge on any atom is 0.241 e. The average Bonchev–Trinajstić information content (AvgIpc) is 3.00. The molecule has 0 bridgehead atoms. The van der Waals surface area contributed by atoms with Gasteiger partial charge in [0.2, 0.25) is 11.8 Å². The van der Waals surface area contributed by atoms with E-state index in [4.69, 9.17) is 10.5 Å². The Morgan fingerprint density at radius 2 is 1.86 bits per heavy atom. The van der Waals surface area contributed by atoms with Crippen LogP contribution in [0.15, 0.2) is 24.3 Å². The SMILES string of the molecule is Cc1ccc(C(N)C(=O)NC2CC(=O)N(CCN3CCOCC3)C2)cc1.Cl.Cl. The zero-order chi connectivity index (χ0) is 18.5. The fraction of sp³-hybridized carbons (Fsp3) is 0.579. The van der Waals surface area contributed by atoms with Crippen LogP contribution >= 0.6 is 24.8 Å². The zero-order valence-electron chi connectivity index (χ0n) is 16.1. The molecule has 158 valence electrons. The van der Waals surface area contributed by atoms with Crippen molar-refractivity contribution in [3.63, 3.8) is 0 Å². The topological polar surface area (TPSA) is 87.9 Å². The van der Waals surface area contributed by atoms with Crippen LogP contribution in [0.1, 0.15) is 23.6 Å². The quantitative estimate of drug-likeness (QED) is 0.696. The lowest BCUT2D eigenvalue weighted by Crippen LogP contribution is -2.44. The number of amides is 2. The number of nitrogens with two attached hydrogens (primary N) is 1. The molecule has 3 N–H and O–H groups in total. The Kier molecular flexibility index (Phi) is 10.2. The molecule has 0 spiro atoms. The highest BCUT2D eigenvalue weighted by atomic mass is 35.5. The molecule has 2 aliphatic rings. The van der Waals surface area contributed by atoms with Gasteiger partial charge in [0, 0.05) is 39.1 Å². The fourth-order valence-electron chi connectivity index (χ4n) is 3.39. The van der Waals surface area contributed by atoms with Gasteiger partial charge in [-0.2, -0.15) is 0 Å². The molecule has 2 amide bonds. The van der Waals surface area contributed by atoms with Crippen molar-refractivity contribution in [3.05, 3.63) is 35.4 Å². The molecule has 1 aromatic carbocycles. The highest BCUT2D eigenvalue weighted by molar-refractivity contribution is 5.86. The maximum absolute atomic E-state index is 12.4. The number of rotatable bonds is 6. The van der Waals surface area contributed by atoms with Gasteiger partial charge in [-0.3, -0.25) is 14.5 Å². The summed E-state index contributed by atoms with van der Waals surface area (Å²) >= 11 is 0. The highest BCUT2D eigenvalue weighted by Crippen LogP contribution is 2.15. The molecule has 28 heavy (non-hydrogen) atoms. The molecule has 1 aromatic rings. The Hall–Kier alpha value is -1.38.